The topological polar surface area (TPSA) is 6.48 Å². The van der Waals surface area contributed by atoms with Crippen molar-refractivity contribution >= 4 is 57.2 Å². The molecule has 274 valence electrons. The van der Waals surface area contributed by atoms with E-state index in [1.807, 2.05) is 0 Å². The number of anilines is 6. The molecular formula is C50H61BN2. The third-order valence-electron chi connectivity index (χ3n) is 11.6. The van der Waals surface area contributed by atoms with Gasteiger partial charge in [0.25, 0.3) is 6.71 Å². The van der Waals surface area contributed by atoms with Gasteiger partial charge in [0.1, 0.15) is 0 Å². The smallest absolute Gasteiger partial charge is 0.252 e. The second-order valence-electron chi connectivity index (χ2n) is 20.9. The molecule has 2 aliphatic heterocycles. The first kappa shape index (κ1) is 37.1. The molecule has 0 radical (unpaired) electrons. The van der Waals surface area contributed by atoms with Crippen LogP contribution in [0.1, 0.15) is 132 Å². The van der Waals surface area contributed by atoms with E-state index < -0.39 is 0 Å². The molecule has 5 aromatic rings. The molecule has 0 aromatic heterocycles. The SMILES string of the molecule is CC(C)(C)c1cccc(N2c3cc(C(C)(C)C)ccc3B3c4ccc(C(C)(C)C)cc4N(c4cccc(C(C)(C)C)c4)c4cc(C(C)(C)C)cc2c43)c1. The van der Waals surface area contributed by atoms with E-state index in [-0.39, 0.29) is 33.8 Å². The summed E-state index contributed by atoms with van der Waals surface area (Å²) in [6, 6.07) is 38.3. The van der Waals surface area contributed by atoms with Crippen molar-refractivity contribution in [3.8, 4) is 0 Å². The van der Waals surface area contributed by atoms with Gasteiger partial charge in [-0.15, -0.1) is 0 Å². The van der Waals surface area contributed by atoms with Crippen molar-refractivity contribution in [2.45, 2.75) is 131 Å². The summed E-state index contributed by atoms with van der Waals surface area (Å²) in [5.74, 6) is 0. The van der Waals surface area contributed by atoms with Gasteiger partial charge in [0.2, 0.25) is 0 Å². The zero-order chi connectivity index (χ0) is 38.6. The minimum absolute atomic E-state index is 0.00755. The second-order valence-corrected chi connectivity index (χ2v) is 20.9. The van der Waals surface area contributed by atoms with Crippen LogP contribution < -0.4 is 26.2 Å². The summed E-state index contributed by atoms with van der Waals surface area (Å²) in [5.41, 5.74) is 18.4. The molecule has 0 saturated carbocycles. The first-order valence-electron chi connectivity index (χ1n) is 19.7. The maximum absolute atomic E-state index is 2.60. The third kappa shape index (κ3) is 6.53. The van der Waals surface area contributed by atoms with Gasteiger partial charge in [0.15, 0.2) is 0 Å². The number of hydrogen-bond acceptors (Lipinski definition) is 2. The molecule has 0 aliphatic carbocycles. The molecule has 0 bridgehead atoms. The highest BCUT2D eigenvalue weighted by molar-refractivity contribution is 7.00. The Bertz CT molecular complexity index is 2070. The van der Waals surface area contributed by atoms with Crippen LogP contribution in [0.15, 0.2) is 97.1 Å². The van der Waals surface area contributed by atoms with E-state index in [2.05, 4.69) is 211 Å². The number of rotatable bonds is 2. The van der Waals surface area contributed by atoms with Crippen molar-refractivity contribution in [3.63, 3.8) is 0 Å². The van der Waals surface area contributed by atoms with E-state index in [1.165, 1.54) is 78.3 Å². The lowest BCUT2D eigenvalue weighted by atomic mass is 9.33. The van der Waals surface area contributed by atoms with Gasteiger partial charge in [-0.2, -0.15) is 0 Å². The standard InChI is InChI=1S/C50H61BN2/c1-46(2,3)32-18-16-20-37(26-32)52-41-28-34(48(7,8)9)22-24-39(41)51-40-25-23-35(49(10,11)12)29-42(40)53(38-21-17-19-33(27-38)47(4,5)6)44-31-36(50(13,14)15)30-43(52)45(44)51/h16-31H,1-15H3. The Labute approximate surface area is 321 Å². The van der Waals surface area contributed by atoms with Crippen LogP contribution in [0.3, 0.4) is 0 Å². The predicted octanol–water partition coefficient (Wildman–Crippen LogP) is 12.3. The van der Waals surface area contributed by atoms with Gasteiger partial charge in [-0.3, -0.25) is 0 Å². The van der Waals surface area contributed by atoms with E-state index in [9.17, 15) is 0 Å². The molecule has 2 aliphatic rings. The average Bonchev–Trinajstić information content (AvgIpc) is 3.05. The minimum atomic E-state index is -0.0695. The average molecular weight is 701 g/mol. The molecule has 0 atom stereocenters. The van der Waals surface area contributed by atoms with Crippen LogP contribution in [0.25, 0.3) is 0 Å². The fraction of sp³-hybridized carbons (Fsp3) is 0.400. The summed E-state index contributed by atoms with van der Waals surface area (Å²) < 4.78 is 0. The number of hydrogen-bond donors (Lipinski definition) is 0. The van der Waals surface area contributed by atoms with Gasteiger partial charge < -0.3 is 9.80 Å². The van der Waals surface area contributed by atoms with Gasteiger partial charge in [-0.1, -0.05) is 152 Å². The number of fused-ring (bicyclic) bond motifs is 4. The van der Waals surface area contributed by atoms with E-state index in [4.69, 9.17) is 0 Å². The van der Waals surface area contributed by atoms with Crippen molar-refractivity contribution in [1.82, 2.24) is 0 Å². The molecule has 0 unspecified atom stereocenters. The summed E-state index contributed by atoms with van der Waals surface area (Å²) in [6.45, 7) is 35.1. The predicted molar refractivity (Wildman–Crippen MR) is 234 cm³/mol. The first-order valence-corrected chi connectivity index (χ1v) is 19.7. The van der Waals surface area contributed by atoms with Crippen LogP contribution >= 0.6 is 0 Å². The summed E-state index contributed by atoms with van der Waals surface area (Å²) >= 11 is 0. The highest BCUT2D eigenvalue weighted by Gasteiger charge is 2.45. The Morgan fingerprint density at radius 1 is 0.340 bits per heavy atom. The lowest BCUT2D eigenvalue weighted by Crippen LogP contribution is -2.61. The van der Waals surface area contributed by atoms with Crippen LogP contribution in [0, 0.1) is 0 Å². The van der Waals surface area contributed by atoms with Crippen LogP contribution in [-0.4, -0.2) is 6.71 Å². The zero-order valence-corrected chi connectivity index (χ0v) is 35.2. The normalized spacial score (nSPS) is 14.6. The highest BCUT2D eigenvalue weighted by Crippen LogP contribution is 2.48. The van der Waals surface area contributed by atoms with Gasteiger partial charge in [-0.25, -0.2) is 0 Å². The fourth-order valence-electron chi connectivity index (χ4n) is 8.14. The Morgan fingerprint density at radius 2 is 0.660 bits per heavy atom. The van der Waals surface area contributed by atoms with Crippen molar-refractivity contribution in [1.29, 1.82) is 0 Å². The van der Waals surface area contributed by atoms with Crippen molar-refractivity contribution in [2.75, 3.05) is 9.80 Å². The molecule has 0 spiro atoms. The molecule has 7 rings (SSSR count). The summed E-state index contributed by atoms with van der Waals surface area (Å²) in [6.07, 6.45) is 0. The number of benzene rings is 5. The summed E-state index contributed by atoms with van der Waals surface area (Å²) in [4.78, 5) is 5.20. The minimum Gasteiger partial charge on any atom is -0.311 e. The molecule has 0 saturated heterocycles. The molecule has 53 heavy (non-hydrogen) atoms. The fourth-order valence-corrected chi connectivity index (χ4v) is 8.14. The van der Waals surface area contributed by atoms with Gasteiger partial charge in [-0.05, 0) is 120 Å². The number of nitrogens with zero attached hydrogens (tertiary/aromatic N) is 2. The lowest BCUT2D eigenvalue weighted by molar-refractivity contribution is 0.589. The summed E-state index contributed by atoms with van der Waals surface area (Å²) in [7, 11) is 0. The molecule has 5 aromatic carbocycles. The zero-order valence-electron chi connectivity index (χ0n) is 35.2. The van der Waals surface area contributed by atoms with Crippen LogP contribution in [0.5, 0.6) is 0 Å². The maximum Gasteiger partial charge on any atom is 0.252 e. The van der Waals surface area contributed by atoms with Crippen LogP contribution in [-0.2, 0) is 27.1 Å². The molecule has 2 heterocycles. The third-order valence-corrected chi connectivity index (χ3v) is 11.6. The van der Waals surface area contributed by atoms with E-state index in [1.54, 1.807) is 0 Å². The monoisotopic (exact) mass is 700 g/mol. The Kier molecular flexibility index (Phi) is 8.50. The van der Waals surface area contributed by atoms with Crippen molar-refractivity contribution in [3.05, 3.63) is 125 Å². The molecule has 3 heteroatoms. The quantitative estimate of drug-likeness (QED) is 0.166. The van der Waals surface area contributed by atoms with Crippen molar-refractivity contribution in [2.24, 2.45) is 0 Å². The molecule has 2 nitrogen and oxygen atoms in total. The van der Waals surface area contributed by atoms with Gasteiger partial charge >= 0.3 is 0 Å². The second kappa shape index (κ2) is 12.1. The van der Waals surface area contributed by atoms with E-state index in [0.717, 1.165) is 0 Å². The molecule has 0 amide bonds. The molecule has 0 N–H and O–H groups in total. The molecular weight excluding hydrogens is 639 g/mol. The highest BCUT2D eigenvalue weighted by atomic mass is 15.2. The van der Waals surface area contributed by atoms with E-state index in [0.29, 0.717) is 0 Å². The first-order chi connectivity index (χ1) is 24.4. The van der Waals surface area contributed by atoms with Crippen LogP contribution in [0.2, 0.25) is 0 Å². The Balaban J connectivity index is 1.65. The van der Waals surface area contributed by atoms with Crippen molar-refractivity contribution < 1.29 is 0 Å². The summed E-state index contributed by atoms with van der Waals surface area (Å²) in [5, 5.41) is 0. The van der Waals surface area contributed by atoms with Crippen LogP contribution in [0.4, 0.5) is 34.1 Å². The maximum atomic E-state index is 2.60. The van der Waals surface area contributed by atoms with E-state index >= 15 is 0 Å². The van der Waals surface area contributed by atoms with Gasteiger partial charge in [0, 0.05) is 34.1 Å². The van der Waals surface area contributed by atoms with Gasteiger partial charge in [0.05, 0.1) is 0 Å². The molecule has 0 fully saturated rings. The lowest BCUT2D eigenvalue weighted by Gasteiger charge is -2.46. The Morgan fingerprint density at radius 3 is 1.00 bits per heavy atom. The largest absolute Gasteiger partial charge is 0.311 e. The Hall–Kier alpha value is -4.24.